The van der Waals surface area contributed by atoms with Gasteiger partial charge < -0.3 is 9.64 Å². The van der Waals surface area contributed by atoms with Crippen LogP contribution in [0, 0.1) is 0 Å². The van der Waals surface area contributed by atoms with Crippen LogP contribution < -0.4 is 0 Å². The van der Waals surface area contributed by atoms with Crippen molar-refractivity contribution in [2.45, 2.75) is 58.1 Å². The molecule has 22 heavy (non-hydrogen) atoms. The summed E-state index contributed by atoms with van der Waals surface area (Å²) in [6.07, 6.45) is 4.43. The number of rotatable bonds is 3. The van der Waals surface area contributed by atoms with Gasteiger partial charge in [0.1, 0.15) is 11.3 Å². The van der Waals surface area contributed by atoms with Crippen molar-refractivity contribution in [3.63, 3.8) is 0 Å². The summed E-state index contributed by atoms with van der Waals surface area (Å²) in [5.41, 5.74) is 0.0557. The molecule has 1 unspecified atom stereocenters. The Morgan fingerprint density at radius 2 is 2.09 bits per heavy atom. The molecule has 0 aliphatic carbocycles. The van der Waals surface area contributed by atoms with Gasteiger partial charge in [-0.15, -0.1) is 0 Å². The maximum atomic E-state index is 12.4. The number of ether oxygens (including phenoxy) is 1. The first-order chi connectivity index (χ1) is 10.3. The zero-order valence-corrected chi connectivity index (χ0v) is 13.8. The van der Waals surface area contributed by atoms with Crippen LogP contribution in [-0.2, 0) is 11.8 Å². The van der Waals surface area contributed by atoms with Gasteiger partial charge in [-0.2, -0.15) is 5.10 Å². The number of nitrogens with zero attached hydrogens (tertiary/aromatic N) is 3. The largest absolute Gasteiger partial charge is 0.444 e. The fourth-order valence-electron chi connectivity index (χ4n) is 2.74. The summed E-state index contributed by atoms with van der Waals surface area (Å²) in [5, 5.41) is 4.02. The molecule has 6 heteroatoms. The first-order valence-electron chi connectivity index (χ1n) is 7.79. The molecule has 1 amide bonds. The number of likely N-dealkylation sites (tertiary alicyclic amines) is 1. The Balaban J connectivity index is 2.05. The van der Waals surface area contributed by atoms with Crippen LogP contribution in [0.1, 0.15) is 56.9 Å². The smallest absolute Gasteiger partial charge is 0.410 e. The van der Waals surface area contributed by atoms with E-state index in [1.807, 2.05) is 20.8 Å². The van der Waals surface area contributed by atoms with E-state index >= 15 is 0 Å². The zero-order valence-electron chi connectivity index (χ0n) is 13.8. The first kappa shape index (κ1) is 16.5. The van der Waals surface area contributed by atoms with Crippen molar-refractivity contribution in [2.75, 3.05) is 6.54 Å². The van der Waals surface area contributed by atoms with E-state index in [1.165, 1.54) is 0 Å². The number of ketones is 1. The summed E-state index contributed by atoms with van der Waals surface area (Å²) in [4.78, 5) is 26.5. The van der Waals surface area contributed by atoms with Gasteiger partial charge in [-0.1, -0.05) is 0 Å². The van der Waals surface area contributed by atoms with Gasteiger partial charge in [0.15, 0.2) is 5.78 Å². The molecular formula is C16H25N3O3. The minimum absolute atomic E-state index is 0.0143. The van der Waals surface area contributed by atoms with E-state index in [9.17, 15) is 9.59 Å². The van der Waals surface area contributed by atoms with Gasteiger partial charge in [-0.3, -0.25) is 9.48 Å². The van der Waals surface area contributed by atoms with Crippen LogP contribution in [0.25, 0.3) is 0 Å². The minimum atomic E-state index is -0.523. The first-order valence-corrected chi connectivity index (χ1v) is 7.79. The van der Waals surface area contributed by atoms with Crippen molar-refractivity contribution < 1.29 is 14.3 Å². The lowest BCUT2D eigenvalue weighted by molar-refractivity contribution is 0.00943. The molecule has 1 aliphatic heterocycles. The van der Waals surface area contributed by atoms with Gasteiger partial charge >= 0.3 is 6.09 Å². The number of hydrogen-bond acceptors (Lipinski definition) is 4. The number of carbonyl (C=O) groups excluding carboxylic acids is 2. The van der Waals surface area contributed by atoms with E-state index in [2.05, 4.69) is 5.10 Å². The van der Waals surface area contributed by atoms with Gasteiger partial charge in [-0.25, -0.2) is 4.79 Å². The second kappa shape index (κ2) is 6.50. The molecule has 1 aliphatic rings. The lowest BCUT2D eigenvalue weighted by atomic mass is 9.97. The molecule has 1 fully saturated rings. The molecule has 122 valence electrons. The van der Waals surface area contributed by atoms with Crippen molar-refractivity contribution in [1.29, 1.82) is 0 Å². The van der Waals surface area contributed by atoms with E-state index in [1.54, 1.807) is 28.9 Å². The second-order valence-corrected chi connectivity index (χ2v) is 6.79. The van der Waals surface area contributed by atoms with Gasteiger partial charge in [-0.05, 0) is 46.1 Å². The topological polar surface area (TPSA) is 64.4 Å². The van der Waals surface area contributed by atoms with Gasteiger partial charge in [0.05, 0.1) is 0 Å². The molecule has 0 spiro atoms. The van der Waals surface area contributed by atoms with Crippen LogP contribution in [0.5, 0.6) is 0 Å². The van der Waals surface area contributed by atoms with E-state index in [0.29, 0.717) is 18.7 Å². The van der Waals surface area contributed by atoms with E-state index in [4.69, 9.17) is 4.74 Å². The number of amides is 1. The van der Waals surface area contributed by atoms with Crippen molar-refractivity contribution in [1.82, 2.24) is 14.7 Å². The number of aromatic nitrogens is 2. The molecule has 0 N–H and O–H groups in total. The third kappa shape index (κ3) is 4.08. The Hall–Kier alpha value is -1.85. The average molecular weight is 307 g/mol. The van der Waals surface area contributed by atoms with Gasteiger partial charge in [0.25, 0.3) is 0 Å². The number of hydrogen-bond donors (Lipinski definition) is 0. The van der Waals surface area contributed by atoms with Crippen molar-refractivity contribution >= 4 is 11.9 Å². The quantitative estimate of drug-likeness (QED) is 0.805. The molecule has 2 rings (SSSR count). The maximum Gasteiger partial charge on any atom is 0.410 e. The fourth-order valence-corrected chi connectivity index (χ4v) is 2.74. The van der Waals surface area contributed by atoms with Gasteiger partial charge in [0, 0.05) is 32.3 Å². The summed E-state index contributed by atoms with van der Waals surface area (Å²) in [7, 11) is 1.75. The molecule has 0 saturated carbocycles. The molecule has 1 saturated heterocycles. The molecule has 1 aromatic rings. The number of piperidine rings is 1. The third-order valence-electron chi connectivity index (χ3n) is 3.78. The van der Waals surface area contributed by atoms with Crippen LogP contribution in [-0.4, -0.2) is 44.7 Å². The van der Waals surface area contributed by atoms with E-state index in [-0.39, 0.29) is 17.9 Å². The minimum Gasteiger partial charge on any atom is -0.444 e. The molecule has 1 aromatic heterocycles. The molecule has 0 bridgehead atoms. The Bertz CT molecular complexity index is 545. The van der Waals surface area contributed by atoms with Gasteiger partial charge in [0.2, 0.25) is 0 Å². The molecule has 0 aromatic carbocycles. The molecule has 0 radical (unpaired) electrons. The average Bonchev–Trinajstić information content (AvgIpc) is 2.83. The SMILES string of the molecule is Cn1nccc1C(=O)CC1CCCCN1C(=O)OC(C)(C)C. The predicted molar refractivity (Wildman–Crippen MR) is 82.7 cm³/mol. The predicted octanol–water partition coefficient (Wildman–Crippen LogP) is 2.78. The summed E-state index contributed by atoms with van der Waals surface area (Å²) in [6, 6.07) is 1.62. The van der Waals surface area contributed by atoms with Crippen molar-refractivity contribution in [2.24, 2.45) is 7.05 Å². The third-order valence-corrected chi connectivity index (χ3v) is 3.78. The highest BCUT2D eigenvalue weighted by Gasteiger charge is 2.32. The highest BCUT2D eigenvalue weighted by atomic mass is 16.6. The maximum absolute atomic E-state index is 12.4. The molecular weight excluding hydrogens is 282 g/mol. The lowest BCUT2D eigenvalue weighted by Crippen LogP contribution is -2.47. The summed E-state index contributed by atoms with van der Waals surface area (Å²) < 4.78 is 7.03. The Kier molecular flexibility index (Phi) is 4.88. The Morgan fingerprint density at radius 1 is 1.36 bits per heavy atom. The number of Topliss-reactive ketones (excluding diaryl/α,β-unsaturated/α-hetero) is 1. The molecule has 2 heterocycles. The summed E-state index contributed by atoms with van der Waals surface area (Å²) >= 11 is 0. The van der Waals surface area contributed by atoms with Crippen LogP contribution in [0.4, 0.5) is 4.79 Å². The Morgan fingerprint density at radius 3 is 2.68 bits per heavy atom. The Labute approximate surface area is 131 Å². The number of aryl methyl sites for hydroxylation is 1. The van der Waals surface area contributed by atoms with Crippen LogP contribution in [0.3, 0.4) is 0 Å². The fraction of sp³-hybridized carbons (Fsp3) is 0.688. The monoisotopic (exact) mass is 307 g/mol. The number of carbonyl (C=O) groups is 2. The summed E-state index contributed by atoms with van der Waals surface area (Å²) in [5.74, 6) is 0.0143. The van der Waals surface area contributed by atoms with Crippen molar-refractivity contribution in [3.05, 3.63) is 18.0 Å². The van der Waals surface area contributed by atoms with Crippen molar-refractivity contribution in [3.8, 4) is 0 Å². The van der Waals surface area contributed by atoms with Crippen LogP contribution >= 0.6 is 0 Å². The lowest BCUT2D eigenvalue weighted by Gasteiger charge is -2.36. The molecule has 6 nitrogen and oxygen atoms in total. The van der Waals surface area contributed by atoms with Crippen LogP contribution in [0.2, 0.25) is 0 Å². The zero-order chi connectivity index (χ0) is 16.3. The molecule has 1 atom stereocenters. The van der Waals surface area contributed by atoms with E-state index in [0.717, 1.165) is 19.3 Å². The normalized spacial score (nSPS) is 19.1. The van der Waals surface area contributed by atoms with Crippen LogP contribution in [0.15, 0.2) is 12.3 Å². The standard InChI is InChI=1S/C16H25N3O3/c1-16(2,3)22-15(21)19-10-6-5-7-12(19)11-14(20)13-8-9-17-18(13)4/h8-9,12H,5-7,10-11H2,1-4H3. The van der Waals surface area contributed by atoms with E-state index < -0.39 is 5.60 Å². The second-order valence-electron chi connectivity index (χ2n) is 6.79. The highest BCUT2D eigenvalue weighted by Crippen LogP contribution is 2.23. The summed E-state index contributed by atoms with van der Waals surface area (Å²) in [6.45, 7) is 6.21. The highest BCUT2D eigenvalue weighted by molar-refractivity contribution is 5.95.